The van der Waals surface area contributed by atoms with Crippen LogP contribution >= 0.6 is 23.1 Å². The fraction of sp³-hybridized carbons (Fsp3) is 0.278. The van der Waals surface area contributed by atoms with Crippen LogP contribution in [0.25, 0.3) is 0 Å². The van der Waals surface area contributed by atoms with E-state index in [0.717, 1.165) is 28.6 Å². The molecule has 0 bridgehead atoms. The van der Waals surface area contributed by atoms with Gasteiger partial charge < -0.3 is 5.32 Å². The molecule has 0 spiro atoms. The van der Waals surface area contributed by atoms with Gasteiger partial charge in [-0.2, -0.15) is 4.37 Å². The van der Waals surface area contributed by atoms with Crippen LogP contribution in [0.5, 0.6) is 0 Å². The van der Waals surface area contributed by atoms with Crippen molar-refractivity contribution in [3.8, 4) is 0 Å². The van der Waals surface area contributed by atoms with E-state index in [0.29, 0.717) is 10.9 Å². The van der Waals surface area contributed by atoms with Crippen LogP contribution in [0.3, 0.4) is 0 Å². The van der Waals surface area contributed by atoms with E-state index in [1.165, 1.54) is 11.5 Å². The van der Waals surface area contributed by atoms with Gasteiger partial charge in [-0.15, -0.1) is 0 Å². The molecule has 24 heavy (non-hydrogen) atoms. The molecule has 124 valence electrons. The Hall–Kier alpha value is -1.98. The fourth-order valence-electron chi connectivity index (χ4n) is 2.45. The van der Waals surface area contributed by atoms with Gasteiger partial charge in [-0.25, -0.2) is 4.98 Å². The van der Waals surface area contributed by atoms with Crippen LogP contribution in [0.4, 0.5) is 5.13 Å². The standard InChI is InChI=1S/C18H19ClN4S/c1-12(2)10-16-21-18(24-23-16)22-17(15-8-3-4-9-20-15)13-6-5-7-14(19)11-13/h3-9,11-12,17H,10H2,1-2H3,(H,21,22,23). The zero-order valence-corrected chi connectivity index (χ0v) is 15.2. The Morgan fingerprint density at radius 2 is 2.04 bits per heavy atom. The highest BCUT2D eigenvalue weighted by molar-refractivity contribution is 7.09. The molecule has 4 nitrogen and oxygen atoms in total. The number of anilines is 1. The minimum atomic E-state index is -0.121. The average Bonchev–Trinajstić information content (AvgIpc) is 3.00. The largest absolute Gasteiger partial charge is 0.348 e. The van der Waals surface area contributed by atoms with Gasteiger partial charge in [-0.1, -0.05) is 43.6 Å². The summed E-state index contributed by atoms with van der Waals surface area (Å²) in [6.45, 7) is 4.33. The summed E-state index contributed by atoms with van der Waals surface area (Å²) >= 11 is 7.55. The third-order valence-corrected chi connectivity index (χ3v) is 4.41. The van der Waals surface area contributed by atoms with Gasteiger partial charge in [0.1, 0.15) is 5.82 Å². The van der Waals surface area contributed by atoms with Gasteiger partial charge in [-0.05, 0) is 35.7 Å². The number of hydrogen-bond donors (Lipinski definition) is 1. The number of rotatable bonds is 6. The first-order valence-corrected chi connectivity index (χ1v) is 9.02. The normalized spacial score (nSPS) is 12.3. The maximum absolute atomic E-state index is 6.17. The Bertz CT molecular complexity index is 788. The second kappa shape index (κ2) is 7.73. The van der Waals surface area contributed by atoms with Gasteiger partial charge in [0.2, 0.25) is 5.13 Å². The Morgan fingerprint density at radius 3 is 2.75 bits per heavy atom. The van der Waals surface area contributed by atoms with Crippen LogP contribution < -0.4 is 5.32 Å². The summed E-state index contributed by atoms with van der Waals surface area (Å²) in [6, 6.07) is 13.6. The molecule has 1 unspecified atom stereocenters. The second-order valence-electron chi connectivity index (χ2n) is 6.00. The van der Waals surface area contributed by atoms with E-state index in [-0.39, 0.29) is 6.04 Å². The van der Waals surface area contributed by atoms with Gasteiger partial charge in [0.15, 0.2) is 0 Å². The summed E-state index contributed by atoms with van der Waals surface area (Å²) in [7, 11) is 0. The molecule has 0 fully saturated rings. The van der Waals surface area contributed by atoms with Crippen molar-refractivity contribution >= 4 is 28.3 Å². The average molecular weight is 359 g/mol. The molecule has 0 aliphatic heterocycles. The monoisotopic (exact) mass is 358 g/mol. The van der Waals surface area contributed by atoms with Gasteiger partial charge in [0, 0.05) is 29.2 Å². The smallest absolute Gasteiger partial charge is 0.203 e. The SMILES string of the molecule is CC(C)Cc1nsc(NC(c2cccc(Cl)c2)c2ccccn2)n1. The Morgan fingerprint density at radius 1 is 1.17 bits per heavy atom. The maximum Gasteiger partial charge on any atom is 0.203 e. The van der Waals surface area contributed by atoms with Crippen molar-refractivity contribution in [2.45, 2.75) is 26.3 Å². The van der Waals surface area contributed by atoms with Gasteiger partial charge in [0.05, 0.1) is 11.7 Å². The maximum atomic E-state index is 6.17. The van der Waals surface area contributed by atoms with E-state index in [4.69, 9.17) is 11.6 Å². The van der Waals surface area contributed by atoms with Gasteiger partial charge in [0.25, 0.3) is 0 Å². The molecule has 1 aromatic carbocycles. The van der Waals surface area contributed by atoms with Crippen molar-refractivity contribution in [1.29, 1.82) is 0 Å². The molecule has 0 radical (unpaired) electrons. The molecule has 0 aliphatic rings. The molecule has 0 saturated carbocycles. The minimum absolute atomic E-state index is 0.121. The van der Waals surface area contributed by atoms with Crippen molar-refractivity contribution in [3.05, 3.63) is 70.8 Å². The Labute approximate surface area is 151 Å². The molecule has 6 heteroatoms. The molecule has 2 aromatic heterocycles. The molecule has 3 rings (SSSR count). The predicted molar refractivity (Wildman–Crippen MR) is 99.6 cm³/mol. The second-order valence-corrected chi connectivity index (χ2v) is 7.19. The Balaban J connectivity index is 1.89. The first-order chi connectivity index (χ1) is 11.6. The van der Waals surface area contributed by atoms with E-state index in [1.807, 2.05) is 42.5 Å². The number of nitrogens with zero attached hydrogens (tertiary/aromatic N) is 3. The summed E-state index contributed by atoms with van der Waals surface area (Å²) in [5, 5.41) is 4.95. The molecule has 1 atom stereocenters. The van der Waals surface area contributed by atoms with Crippen molar-refractivity contribution in [1.82, 2.24) is 14.3 Å². The summed E-state index contributed by atoms with van der Waals surface area (Å²) in [4.78, 5) is 9.09. The first-order valence-electron chi connectivity index (χ1n) is 7.87. The number of benzene rings is 1. The number of halogens is 1. The molecule has 3 aromatic rings. The summed E-state index contributed by atoms with van der Waals surface area (Å²) in [6.07, 6.45) is 2.67. The number of aromatic nitrogens is 3. The summed E-state index contributed by atoms with van der Waals surface area (Å²) in [5.41, 5.74) is 1.96. The van der Waals surface area contributed by atoms with Crippen LogP contribution in [0.1, 0.15) is 37.0 Å². The lowest BCUT2D eigenvalue weighted by Crippen LogP contribution is -2.13. The third kappa shape index (κ3) is 4.30. The van der Waals surface area contributed by atoms with Crippen LogP contribution in [-0.4, -0.2) is 14.3 Å². The molecule has 0 aliphatic carbocycles. The highest BCUT2D eigenvalue weighted by Gasteiger charge is 2.18. The minimum Gasteiger partial charge on any atom is -0.348 e. The summed E-state index contributed by atoms with van der Waals surface area (Å²) in [5.74, 6) is 1.41. The van der Waals surface area contributed by atoms with Crippen LogP contribution in [0, 0.1) is 5.92 Å². The van der Waals surface area contributed by atoms with Crippen LogP contribution in [0.2, 0.25) is 5.02 Å². The Kier molecular flexibility index (Phi) is 5.43. The van der Waals surface area contributed by atoms with E-state index in [1.54, 1.807) is 6.20 Å². The molecular weight excluding hydrogens is 340 g/mol. The van der Waals surface area contributed by atoms with Crippen molar-refractivity contribution in [2.75, 3.05) is 5.32 Å². The lowest BCUT2D eigenvalue weighted by molar-refractivity contribution is 0.627. The van der Waals surface area contributed by atoms with Crippen LogP contribution in [0.15, 0.2) is 48.7 Å². The van der Waals surface area contributed by atoms with Gasteiger partial charge >= 0.3 is 0 Å². The molecule has 0 saturated heterocycles. The van der Waals surface area contributed by atoms with Crippen molar-refractivity contribution in [3.63, 3.8) is 0 Å². The van der Waals surface area contributed by atoms with E-state index in [2.05, 4.69) is 33.5 Å². The fourth-order valence-corrected chi connectivity index (χ4v) is 3.27. The lowest BCUT2D eigenvalue weighted by atomic mass is 10.0. The highest BCUT2D eigenvalue weighted by Crippen LogP contribution is 2.28. The van der Waals surface area contributed by atoms with Crippen molar-refractivity contribution in [2.24, 2.45) is 5.92 Å². The topological polar surface area (TPSA) is 50.7 Å². The third-order valence-electron chi connectivity index (χ3n) is 3.49. The first kappa shape index (κ1) is 16.9. The number of hydrogen-bond acceptors (Lipinski definition) is 5. The predicted octanol–water partition coefficient (Wildman–Crippen LogP) is 4.99. The summed E-state index contributed by atoms with van der Waals surface area (Å²) < 4.78 is 4.44. The van der Waals surface area contributed by atoms with Crippen LogP contribution in [-0.2, 0) is 6.42 Å². The lowest BCUT2D eigenvalue weighted by Gasteiger charge is -2.18. The molecule has 1 N–H and O–H groups in total. The van der Waals surface area contributed by atoms with Crippen molar-refractivity contribution < 1.29 is 0 Å². The van der Waals surface area contributed by atoms with E-state index >= 15 is 0 Å². The zero-order valence-electron chi connectivity index (χ0n) is 13.6. The quantitative estimate of drug-likeness (QED) is 0.674. The number of nitrogens with one attached hydrogen (secondary N) is 1. The number of pyridine rings is 1. The molecule has 2 heterocycles. The van der Waals surface area contributed by atoms with E-state index < -0.39 is 0 Å². The van der Waals surface area contributed by atoms with Gasteiger partial charge in [-0.3, -0.25) is 4.98 Å². The highest BCUT2D eigenvalue weighted by atomic mass is 35.5. The molecular formula is C18H19ClN4S. The van der Waals surface area contributed by atoms with E-state index in [9.17, 15) is 0 Å². The zero-order chi connectivity index (χ0) is 16.9. The molecule has 0 amide bonds.